The van der Waals surface area contributed by atoms with Crippen molar-refractivity contribution in [3.05, 3.63) is 0 Å². The third kappa shape index (κ3) is 31.5. The van der Waals surface area contributed by atoms with Crippen molar-refractivity contribution in [2.75, 3.05) is 13.1 Å². The number of thiocarbonyl (C=S) groups is 2. The molecule has 7 heteroatoms. The second kappa shape index (κ2) is 19.1. The molecule has 0 aliphatic heterocycles. The average Bonchev–Trinajstić information content (AvgIpc) is 2.18. The van der Waals surface area contributed by atoms with Crippen LogP contribution in [0.1, 0.15) is 39.5 Å². The van der Waals surface area contributed by atoms with Gasteiger partial charge in [0.1, 0.15) is 0 Å². The first-order valence-electron chi connectivity index (χ1n) is 5.44. The van der Waals surface area contributed by atoms with Gasteiger partial charge >= 0.3 is 17.1 Å². The van der Waals surface area contributed by atoms with Crippen LogP contribution in [0.15, 0.2) is 0 Å². The largest absolute Gasteiger partial charge is 2.00 e. The molecule has 17 heavy (non-hydrogen) atoms. The number of hydrogen-bond donors (Lipinski definition) is 2. The maximum Gasteiger partial charge on any atom is 2.00 e. The van der Waals surface area contributed by atoms with Crippen molar-refractivity contribution in [1.29, 1.82) is 0 Å². The predicted molar refractivity (Wildman–Crippen MR) is 85.7 cm³/mol. The van der Waals surface area contributed by atoms with E-state index in [4.69, 9.17) is 0 Å². The maximum absolute atomic E-state index is 4.61. The molecule has 0 spiro atoms. The van der Waals surface area contributed by atoms with Crippen LogP contribution in [0.2, 0.25) is 0 Å². The second-order valence-electron chi connectivity index (χ2n) is 3.14. The average molecular weight is 360 g/mol. The SMILES string of the molecule is CCCCNC(=S)[S-].CCCCNC(=S)[S-].[Cu+2]. The van der Waals surface area contributed by atoms with Crippen LogP contribution in [-0.2, 0) is 42.3 Å². The summed E-state index contributed by atoms with van der Waals surface area (Å²) in [4.78, 5) is 0. The van der Waals surface area contributed by atoms with Crippen molar-refractivity contribution in [3.63, 3.8) is 0 Å². The first-order valence-corrected chi connectivity index (χ1v) is 7.07. The fourth-order valence-corrected chi connectivity index (χ4v) is 1.14. The van der Waals surface area contributed by atoms with E-state index >= 15 is 0 Å². The summed E-state index contributed by atoms with van der Waals surface area (Å²) in [7, 11) is 0. The Morgan fingerprint density at radius 1 is 0.882 bits per heavy atom. The minimum absolute atomic E-state index is 0. The van der Waals surface area contributed by atoms with E-state index in [1.54, 1.807) is 0 Å². The van der Waals surface area contributed by atoms with E-state index in [1.807, 2.05) is 0 Å². The monoisotopic (exact) mass is 359 g/mol. The Hall–Kier alpha value is 0.739. The van der Waals surface area contributed by atoms with Crippen molar-refractivity contribution >= 4 is 58.3 Å². The Morgan fingerprint density at radius 2 is 1.18 bits per heavy atom. The first-order chi connectivity index (χ1) is 7.54. The summed E-state index contributed by atoms with van der Waals surface area (Å²) in [6.07, 6.45) is 4.67. The Bertz CT molecular complexity index is 171. The van der Waals surface area contributed by atoms with Crippen molar-refractivity contribution in [1.82, 2.24) is 10.6 Å². The molecule has 1 radical (unpaired) electrons. The molecule has 0 heterocycles. The molecule has 0 aromatic heterocycles. The summed E-state index contributed by atoms with van der Waals surface area (Å²) in [6, 6.07) is 0. The Labute approximate surface area is 138 Å². The molecular weight excluding hydrogens is 340 g/mol. The second-order valence-corrected chi connectivity index (χ2v) is 5.29. The standard InChI is InChI=1S/2C5H11NS2.Cu/c2*1-2-3-4-6-5(7)8;/h2*2-4H2,1H3,(H2,6,7,8);/q;;+2/p-2. The molecule has 0 aromatic rings. The van der Waals surface area contributed by atoms with Gasteiger partial charge in [-0.2, -0.15) is 0 Å². The van der Waals surface area contributed by atoms with Crippen molar-refractivity contribution < 1.29 is 17.1 Å². The minimum Gasteiger partial charge on any atom is -0.412 e. The summed E-state index contributed by atoms with van der Waals surface area (Å²) in [5.74, 6) is 0. The van der Waals surface area contributed by atoms with Gasteiger partial charge in [-0.15, -0.1) is 0 Å². The zero-order valence-electron chi connectivity index (χ0n) is 10.2. The van der Waals surface area contributed by atoms with E-state index in [1.165, 1.54) is 12.8 Å². The summed E-state index contributed by atoms with van der Waals surface area (Å²) in [5.41, 5.74) is 0. The Kier molecular flexibility index (Phi) is 25.7. The predicted octanol–water partition coefficient (Wildman–Crippen LogP) is 2.41. The number of hydrogen-bond acceptors (Lipinski definition) is 4. The van der Waals surface area contributed by atoms with E-state index in [0.717, 1.165) is 25.9 Å². The Morgan fingerprint density at radius 3 is 1.35 bits per heavy atom. The third-order valence-corrected chi connectivity index (χ3v) is 2.18. The molecule has 0 rings (SSSR count). The van der Waals surface area contributed by atoms with Crippen molar-refractivity contribution in [2.45, 2.75) is 39.5 Å². The van der Waals surface area contributed by atoms with Gasteiger partial charge in [0.15, 0.2) is 0 Å². The van der Waals surface area contributed by atoms with Crippen LogP contribution in [0.3, 0.4) is 0 Å². The fourth-order valence-electron chi connectivity index (χ4n) is 0.734. The van der Waals surface area contributed by atoms with Crippen LogP contribution in [-0.4, -0.2) is 21.7 Å². The number of nitrogens with one attached hydrogen (secondary N) is 2. The number of rotatable bonds is 6. The zero-order valence-corrected chi connectivity index (χ0v) is 14.4. The summed E-state index contributed by atoms with van der Waals surface area (Å²) in [6.45, 7) is 6.12. The van der Waals surface area contributed by atoms with Gasteiger partial charge in [0.2, 0.25) is 0 Å². The molecule has 2 N–H and O–H groups in total. The van der Waals surface area contributed by atoms with Crippen LogP contribution in [0.4, 0.5) is 0 Å². The first kappa shape index (κ1) is 22.9. The maximum atomic E-state index is 4.61. The smallest absolute Gasteiger partial charge is 0.412 e. The van der Waals surface area contributed by atoms with Gasteiger partial charge in [0.25, 0.3) is 0 Å². The molecule has 0 bridgehead atoms. The summed E-state index contributed by atoms with van der Waals surface area (Å²) < 4.78 is 0.969. The van der Waals surface area contributed by atoms with Crippen LogP contribution in [0, 0.1) is 0 Å². The molecule has 0 fully saturated rings. The van der Waals surface area contributed by atoms with Gasteiger partial charge in [-0.3, -0.25) is 0 Å². The van der Waals surface area contributed by atoms with E-state index in [0.29, 0.717) is 8.64 Å². The molecular formula is C10H20CuN2S4. The fraction of sp³-hybridized carbons (Fsp3) is 0.800. The quantitative estimate of drug-likeness (QED) is 0.327. The van der Waals surface area contributed by atoms with Crippen molar-refractivity contribution in [3.8, 4) is 0 Å². The minimum atomic E-state index is 0. The van der Waals surface area contributed by atoms with Crippen LogP contribution < -0.4 is 10.6 Å². The molecule has 0 atom stereocenters. The topological polar surface area (TPSA) is 24.1 Å². The van der Waals surface area contributed by atoms with E-state index in [-0.39, 0.29) is 17.1 Å². The van der Waals surface area contributed by atoms with Crippen LogP contribution in [0.5, 0.6) is 0 Å². The third-order valence-electron chi connectivity index (χ3n) is 1.60. The summed E-state index contributed by atoms with van der Waals surface area (Å²) >= 11 is 18.5. The molecule has 2 nitrogen and oxygen atoms in total. The number of unbranched alkanes of at least 4 members (excludes halogenated alkanes) is 2. The molecule has 0 unspecified atom stereocenters. The normalized spacial score (nSPS) is 8.12. The molecule has 0 amide bonds. The van der Waals surface area contributed by atoms with Crippen LogP contribution in [0.25, 0.3) is 0 Å². The molecule has 0 aliphatic carbocycles. The molecule has 0 saturated heterocycles. The van der Waals surface area contributed by atoms with Gasteiger partial charge in [0.05, 0.1) is 0 Å². The van der Waals surface area contributed by atoms with Gasteiger partial charge in [-0.1, -0.05) is 35.3 Å². The van der Waals surface area contributed by atoms with Crippen LogP contribution >= 0.6 is 24.4 Å². The van der Waals surface area contributed by atoms with Gasteiger partial charge in [-0.05, 0) is 12.8 Å². The van der Waals surface area contributed by atoms with E-state index < -0.39 is 0 Å². The van der Waals surface area contributed by atoms with Gasteiger partial charge in [0, 0.05) is 13.1 Å². The van der Waals surface area contributed by atoms with E-state index in [2.05, 4.69) is 74.2 Å². The molecule has 0 aromatic carbocycles. The summed E-state index contributed by atoms with van der Waals surface area (Å²) in [5, 5.41) is 5.79. The van der Waals surface area contributed by atoms with Crippen molar-refractivity contribution in [2.24, 2.45) is 0 Å². The molecule has 105 valence electrons. The van der Waals surface area contributed by atoms with Gasteiger partial charge in [-0.25, -0.2) is 0 Å². The molecule has 0 aliphatic rings. The molecule has 0 saturated carbocycles. The van der Waals surface area contributed by atoms with Gasteiger partial charge < -0.3 is 60.3 Å². The zero-order chi connectivity index (χ0) is 12.8. The van der Waals surface area contributed by atoms with E-state index in [9.17, 15) is 0 Å². The Balaban J connectivity index is -0.000000218.